The van der Waals surface area contributed by atoms with Gasteiger partial charge in [0.2, 0.25) is 0 Å². The second kappa shape index (κ2) is 5.21. The van der Waals surface area contributed by atoms with Crippen molar-refractivity contribution in [3.8, 4) is 11.3 Å². The van der Waals surface area contributed by atoms with E-state index in [1.807, 2.05) is 0 Å². The standard InChI is InChI=1S/C13H12F2N4O2/c14-8-1-7(2-9(15)3-8)12-6-19(18-17-12)10-4-11(13(20)21)16-5-10/h1-3,6,10-11,16H,4-5H2,(H,20,21)/t10-,11-/m0/s1. The zero-order valence-electron chi connectivity index (χ0n) is 10.8. The van der Waals surface area contributed by atoms with Gasteiger partial charge in [-0.05, 0) is 18.6 Å². The molecular formula is C13H12F2N4O2. The highest BCUT2D eigenvalue weighted by atomic mass is 19.1. The third-order valence-corrected chi connectivity index (χ3v) is 3.45. The lowest BCUT2D eigenvalue weighted by Crippen LogP contribution is -2.29. The molecule has 0 spiro atoms. The van der Waals surface area contributed by atoms with Gasteiger partial charge in [0.25, 0.3) is 0 Å². The van der Waals surface area contributed by atoms with Gasteiger partial charge in [-0.1, -0.05) is 5.21 Å². The number of carboxylic acids is 1. The minimum absolute atomic E-state index is 0.147. The Labute approximate surface area is 118 Å². The third kappa shape index (κ3) is 2.75. The maximum atomic E-state index is 13.2. The SMILES string of the molecule is O=C(O)[C@@H]1C[C@H](n2cc(-c3cc(F)cc(F)c3)nn2)CN1. The van der Waals surface area contributed by atoms with Crippen molar-refractivity contribution in [1.29, 1.82) is 0 Å². The first-order valence-corrected chi connectivity index (χ1v) is 6.37. The maximum Gasteiger partial charge on any atom is 0.320 e. The molecule has 1 aromatic heterocycles. The first kappa shape index (κ1) is 13.6. The van der Waals surface area contributed by atoms with Crippen LogP contribution in [0.1, 0.15) is 12.5 Å². The van der Waals surface area contributed by atoms with Gasteiger partial charge in [-0.25, -0.2) is 13.5 Å². The van der Waals surface area contributed by atoms with E-state index in [0.717, 1.165) is 6.07 Å². The number of carboxylic acid groups (broad SMARTS) is 1. The lowest BCUT2D eigenvalue weighted by atomic mass is 10.1. The van der Waals surface area contributed by atoms with Gasteiger partial charge in [0.05, 0.1) is 12.2 Å². The second-order valence-electron chi connectivity index (χ2n) is 4.93. The molecule has 1 saturated heterocycles. The summed E-state index contributed by atoms with van der Waals surface area (Å²) in [6.45, 7) is 0.456. The van der Waals surface area contributed by atoms with Crippen LogP contribution in [-0.4, -0.2) is 38.7 Å². The Hall–Kier alpha value is -2.35. The number of rotatable bonds is 3. The highest BCUT2D eigenvalue weighted by Gasteiger charge is 2.30. The summed E-state index contributed by atoms with van der Waals surface area (Å²) in [5, 5.41) is 19.6. The van der Waals surface area contributed by atoms with Crippen LogP contribution in [-0.2, 0) is 4.79 Å². The van der Waals surface area contributed by atoms with Gasteiger partial charge < -0.3 is 10.4 Å². The van der Waals surface area contributed by atoms with Gasteiger partial charge in [-0.3, -0.25) is 4.79 Å². The maximum absolute atomic E-state index is 13.2. The lowest BCUT2D eigenvalue weighted by Gasteiger charge is -2.07. The summed E-state index contributed by atoms with van der Waals surface area (Å²) in [6.07, 6.45) is 1.94. The number of halogens is 2. The molecule has 0 saturated carbocycles. The van der Waals surface area contributed by atoms with Crippen LogP contribution in [0.2, 0.25) is 0 Å². The number of hydrogen-bond acceptors (Lipinski definition) is 4. The van der Waals surface area contributed by atoms with Crippen LogP contribution in [0.3, 0.4) is 0 Å². The normalized spacial score (nSPS) is 21.6. The zero-order valence-corrected chi connectivity index (χ0v) is 10.8. The van der Waals surface area contributed by atoms with Crippen molar-refractivity contribution in [3.05, 3.63) is 36.0 Å². The van der Waals surface area contributed by atoms with Crippen molar-refractivity contribution in [2.75, 3.05) is 6.54 Å². The lowest BCUT2D eigenvalue weighted by molar-refractivity contribution is -0.139. The minimum Gasteiger partial charge on any atom is -0.480 e. The highest BCUT2D eigenvalue weighted by molar-refractivity contribution is 5.73. The largest absolute Gasteiger partial charge is 0.480 e. The van der Waals surface area contributed by atoms with Gasteiger partial charge >= 0.3 is 5.97 Å². The van der Waals surface area contributed by atoms with Crippen molar-refractivity contribution in [1.82, 2.24) is 20.3 Å². The molecule has 0 aliphatic carbocycles. The quantitative estimate of drug-likeness (QED) is 0.889. The number of aliphatic carboxylic acids is 1. The summed E-state index contributed by atoms with van der Waals surface area (Å²) in [5.41, 5.74) is 0.631. The molecule has 110 valence electrons. The summed E-state index contributed by atoms with van der Waals surface area (Å²) in [4.78, 5) is 10.9. The van der Waals surface area contributed by atoms with Crippen molar-refractivity contribution in [2.24, 2.45) is 0 Å². The predicted molar refractivity (Wildman–Crippen MR) is 68.5 cm³/mol. The molecule has 0 amide bonds. The van der Waals surface area contributed by atoms with Crippen LogP contribution in [0, 0.1) is 11.6 Å². The molecule has 1 aromatic carbocycles. The first-order chi connectivity index (χ1) is 10.0. The van der Waals surface area contributed by atoms with E-state index in [9.17, 15) is 13.6 Å². The van der Waals surface area contributed by atoms with Crippen LogP contribution in [0.4, 0.5) is 8.78 Å². The second-order valence-corrected chi connectivity index (χ2v) is 4.93. The Morgan fingerprint density at radius 1 is 1.33 bits per heavy atom. The van der Waals surface area contributed by atoms with E-state index >= 15 is 0 Å². The predicted octanol–water partition coefficient (Wildman–Crippen LogP) is 1.21. The van der Waals surface area contributed by atoms with Gasteiger partial charge in [-0.15, -0.1) is 5.10 Å². The first-order valence-electron chi connectivity index (χ1n) is 6.37. The van der Waals surface area contributed by atoms with Gasteiger partial charge in [0.15, 0.2) is 0 Å². The Balaban J connectivity index is 1.82. The number of nitrogens with zero attached hydrogens (tertiary/aromatic N) is 3. The van der Waals surface area contributed by atoms with E-state index in [1.54, 1.807) is 6.20 Å². The van der Waals surface area contributed by atoms with Crippen molar-refractivity contribution < 1.29 is 18.7 Å². The molecule has 2 N–H and O–H groups in total. The van der Waals surface area contributed by atoms with Gasteiger partial charge in [0, 0.05) is 18.2 Å². The molecule has 21 heavy (non-hydrogen) atoms. The van der Waals surface area contributed by atoms with E-state index < -0.39 is 23.6 Å². The fraction of sp³-hybridized carbons (Fsp3) is 0.308. The molecule has 1 aliphatic heterocycles. The van der Waals surface area contributed by atoms with E-state index in [0.29, 0.717) is 24.2 Å². The van der Waals surface area contributed by atoms with Crippen molar-refractivity contribution in [2.45, 2.75) is 18.5 Å². The topological polar surface area (TPSA) is 80.0 Å². The molecule has 3 rings (SSSR count). The fourth-order valence-electron chi connectivity index (χ4n) is 2.40. The molecule has 0 unspecified atom stereocenters. The van der Waals surface area contributed by atoms with E-state index in [-0.39, 0.29) is 6.04 Å². The van der Waals surface area contributed by atoms with Crippen LogP contribution < -0.4 is 5.32 Å². The zero-order chi connectivity index (χ0) is 15.0. The number of nitrogens with one attached hydrogen (secondary N) is 1. The fourth-order valence-corrected chi connectivity index (χ4v) is 2.40. The average Bonchev–Trinajstić information content (AvgIpc) is 3.07. The van der Waals surface area contributed by atoms with E-state index in [1.165, 1.54) is 16.8 Å². The summed E-state index contributed by atoms with van der Waals surface area (Å²) in [6, 6.07) is 2.36. The van der Waals surface area contributed by atoms with E-state index in [2.05, 4.69) is 15.6 Å². The molecule has 6 nitrogen and oxygen atoms in total. The summed E-state index contributed by atoms with van der Waals surface area (Å²) in [5.74, 6) is -2.29. The molecule has 2 atom stereocenters. The molecular weight excluding hydrogens is 282 g/mol. The molecule has 0 radical (unpaired) electrons. The molecule has 2 heterocycles. The summed E-state index contributed by atoms with van der Waals surface area (Å²) < 4.78 is 27.9. The third-order valence-electron chi connectivity index (χ3n) is 3.45. The molecule has 8 heteroatoms. The van der Waals surface area contributed by atoms with Crippen LogP contribution in [0.5, 0.6) is 0 Å². The molecule has 0 bridgehead atoms. The Kier molecular flexibility index (Phi) is 3.38. The number of hydrogen-bond donors (Lipinski definition) is 2. The Bertz CT molecular complexity index is 668. The number of benzene rings is 1. The minimum atomic E-state index is -0.912. The van der Waals surface area contributed by atoms with Crippen LogP contribution in [0.15, 0.2) is 24.4 Å². The van der Waals surface area contributed by atoms with E-state index in [4.69, 9.17) is 5.11 Å². The highest BCUT2D eigenvalue weighted by Crippen LogP contribution is 2.23. The monoisotopic (exact) mass is 294 g/mol. The van der Waals surface area contributed by atoms with Gasteiger partial charge in [-0.2, -0.15) is 0 Å². The number of carbonyl (C=O) groups is 1. The molecule has 2 aromatic rings. The van der Waals surface area contributed by atoms with Crippen molar-refractivity contribution in [3.63, 3.8) is 0 Å². The summed E-state index contributed by atoms with van der Waals surface area (Å²) >= 11 is 0. The molecule has 1 fully saturated rings. The van der Waals surface area contributed by atoms with Crippen LogP contribution >= 0.6 is 0 Å². The van der Waals surface area contributed by atoms with Crippen molar-refractivity contribution >= 4 is 5.97 Å². The Morgan fingerprint density at radius 2 is 2.05 bits per heavy atom. The van der Waals surface area contributed by atoms with Gasteiger partial charge in [0.1, 0.15) is 23.4 Å². The Morgan fingerprint density at radius 3 is 2.67 bits per heavy atom. The summed E-state index contributed by atoms with van der Waals surface area (Å²) in [7, 11) is 0. The average molecular weight is 294 g/mol. The van der Waals surface area contributed by atoms with Crippen LogP contribution in [0.25, 0.3) is 11.3 Å². The molecule has 1 aliphatic rings. The smallest absolute Gasteiger partial charge is 0.320 e. The number of aromatic nitrogens is 3.